The first kappa shape index (κ1) is 19.1. The first-order chi connectivity index (χ1) is 11.9. The Morgan fingerprint density at radius 3 is 2.40 bits per heavy atom. The van der Waals surface area contributed by atoms with Crippen molar-refractivity contribution in [2.24, 2.45) is 0 Å². The first-order valence-electron chi connectivity index (χ1n) is 8.18. The average Bonchev–Trinajstić information content (AvgIpc) is 2.61. The van der Waals surface area contributed by atoms with E-state index in [4.69, 9.17) is 5.26 Å². The average molecular weight is 342 g/mol. The molecule has 2 aromatic rings. The van der Waals surface area contributed by atoms with Crippen LogP contribution < -0.4 is 0 Å². The Labute approximate surface area is 147 Å². The van der Waals surface area contributed by atoms with E-state index in [9.17, 15) is 14.6 Å². The summed E-state index contributed by atoms with van der Waals surface area (Å²) in [5.74, 6) is -0.374. The van der Waals surface area contributed by atoms with Crippen LogP contribution >= 0.6 is 0 Å². The third-order valence-electron chi connectivity index (χ3n) is 4.32. The summed E-state index contributed by atoms with van der Waals surface area (Å²) in [6.45, 7) is 0.496. The number of rotatable bonds is 7. The molecule has 2 aromatic carbocycles. The predicted molar refractivity (Wildman–Crippen MR) is 94.3 cm³/mol. The summed E-state index contributed by atoms with van der Waals surface area (Å²) >= 11 is 0. The van der Waals surface area contributed by atoms with Crippen molar-refractivity contribution in [3.63, 3.8) is 0 Å². The van der Waals surface area contributed by atoms with Crippen molar-refractivity contribution in [2.45, 2.75) is 25.0 Å². The zero-order chi connectivity index (χ0) is 18.4. The Bertz CT molecular complexity index is 753. The molecule has 0 aliphatic heterocycles. The summed E-state index contributed by atoms with van der Waals surface area (Å²) in [6, 6.07) is 12.7. The van der Waals surface area contributed by atoms with E-state index in [2.05, 4.69) is 0 Å². The van der Waals surface area contributed by atoms with Crippen molar-refractivity contribution < 1.29 is 14.6 Å². The lowest BCUT2D eigenvalue weighted by atomic mass is 9.80. The summed E-state index contributed by atoms with van der Waals surface area (Å²) in [6.07, 6.45) is 1.13. The first-order valence-corrected chi connectivity index (χ1v) is 8.18. The molecule has 25 heavy (non-hydrogen) atoms. The zero-order valence-electron chi connectivity index (χ0n) is 14.5. The van der Waals surface area contributed by atoms with E-state index in [0.717, 1.165) is 6.54 Å². The van der Waals surface area contributed by atoms with Crippen LogP contribution in [0.25, 0.3) is 0 Å². The van der Waals surface area contributed by atoms with Crippen LogP contribution in [0.15, 0.2) is 42.5 Å². The molecule has 132 valence electrons. The highest BCUT2D eigenvalue weighted by Gasteiger charge is 2.33. The molecule has 0 saturated heterocycles. The molecule has 2 N–H and O–H groups in total. The number of benzene rings is 2. The summed E-state index contributed by atoms with van der Waals surface area (Å²) in [4.78, 5) is 2.02. The van der Waals surface area contributed by atoms with E-state index in [-0.39, 0.29) is 12.4 Å². The van der Waals surface area contributed by atoms with Gasteiger partial charge in [-0.05, 0) is 74.4 Å². The molecule has 2 rings (SSSR count). The summed E-state index contributed by atoms with van der Waals surface area (Å²) in [7, 11) is 3.91. The third-order valence-corrected chi connectivity index (χ3v) is 4.32. The maximum absolute atomic E-state index is 13.3. The molecule has 0 saturated carbocycles. The van der Waals surface area contributed by atoms with Gasteiger partial charge in [-0.15, -0.1) is 0 Å². The fraction of sp³-hybridized carbons (Fsp3) is 0.350. The third kappa shape index (κ3) is 4.43. The molecule has 4 nitrogen and oxygen atoms in total. The van der Waals surface area contributed by atoms with Crippen molar-refractivity contribution in [1.29, 1.82) is 5.26 Å². The van der Waals surface area contributed by atoms with Gasteiger partial charge in [0.15, 0.2) is 0 Å². The number of halogens is 1. The number of nitrogens with zero attached hydrogens (tertiary/aromatic N) is 2. The van der Waals surface area contributed by atoms with Gasteiger partial charge in [-0.25, -0.2) is 4.39 Å². The molecule has 0 fully saturated rings. The quantitative estimate of drug-likeness (QED) is 0.812. The number of hydrogen-bond acceptors (Lipinski definition) is 4. The lowest BCUT2D eigenvalue weighted by Crippen LogP contribution is -2.30. The van der Waals surface area contributed by atoms with Crippen molar-refractivity contribution in [3.05, 3.63) is 70.5 Å². The van der Waals surface area contributed by atoms with Crippen LogP contribution in [0.1, 0.15) is 35.1 Å². The number of aliphatic hydroxyl groups excluding tert-OH is 1. The lowest BCUT2D eigenvalue weighted by Gasteiger charge is -2.32. The number of nitriles is 1. The maximum Gasteiger partial charge on any atom is 0.123 e. The minimum Gasteiger partial charge on any atom is -0.392 e. The van der Waals surface area contributed by atoms with Crippen molar-refractivity contribution in [1.82, 2.24) is 4.90 Å². The minimum atomic E-state index is -1.37. The number of hydrogen-bond donors (Lipinski definition) is 2. The van der Waals surface area contributed by atoms with Gasteiger partial charge in [0.25, 0.3) is 0 Å². The Morgan fingerprint density at radius 2 is 1.84 bits per heavy atom. The topological polar surface area (TPSA) is 67.5 Å². The van der Waals surface area contributed by atoms with Crippen LogP contribution in [0.3, 0.4) is 0 Å². The molecular formula is C20H23FN2O2. The highest BCUT2D eigenvalue weighted by atomic mass is 19.1. The van der Waals surface area contributed by atoms with Crippen molar-refractivity contribution in [3.8, 4) is 6.07 Å². The molecular weight excluding hydrogens is 319 g/mol. The van der Waals surface area contributed by atoms with Gasteiger partial charge in [-0.1, -0.05) is 18.2 Å². The second-order valence-corrected chi connectivity index (χ2v) is 6.42. The van der Waals surface area contributed by atoms with Gasteiger partial charge in [0.2, 0.25) is 0 Å². The Balaban J connectivity index is 2.51. The van der Waals surface area contributed by atoms with Gasteiger partial charge >= 0.3 is 0 Å². The highest BCUT2D eigenvalue weighted by Crippen LogP contribution is 2.36. The molecule has 0 amide bonds. The van der Waals surface area contributed by atoms with E-state index in [0.29, 0.717) is 35.1 Å². The summed E-state index contributed by atoms with van der Waals surface area (Å²) < 4.78 is 13.3. The maximum atomic E-state index is 13.3. The normalized spacial score (nSPS) is 13.5. The number of aliphatic hydroxyl groups is 2. The van der Waals surface area contributed by atoms with Gasteiger partial charge in [-0.3, -0.25) is 0 Å². The van der Waals surface area contributed by atoms with Gasteiger partial charge < -0.3 is 15.1 Å². The van der Waals surface area contributed by atoms with Gasteiger partial charge in [0, 0.05) is 0 Å². The zero-order valence-corrected chi connectivity index (χ0v) is 14.5. The predicted octanol–water partition coefficient (Wildman–Crippen LogP) is 2.77. The fourth-order valence-corrected chi connectivity index (χ4v) is 3.01. The van der Waals surface area contributed by atoms with E-state index < -0.39 is 5.60 Å². The fourth-order valence-electron chi connectivity index (χ4n) is 3.01. The second kappa shape index (κ2) is 8.21. The molecule has 0 aliphatic carbocycles. The SMILES string of the molecule is CN(C)CCC[C@@](O)(c1ccc(F)cc1)c1ccc(C#N)cc1CO. The molecule has 0 aliphatic rings. The standard InChI is InChI=1S/C20H23FN2O2/c1-23(2)11-3-10-20(25,17-5-7-18(21)8-6-17)19-9-4-15(13-22)12-16(19)14-24/h4-9,12,24-25H,3,10-11,14H2,1-2H3/t20-/m1/s1. The Kier molecular flexibility index (Phi) is 6.27. The monoisotopic (exact) mass is 342 g/mol. The molecule has 0 bridgehead atoms. The molecule has 0 aromatic heterocycles. The van der Waals surface area contributed by atoms with Crippen LogP contribution in [0.4, 0.5) is 4.39 Å². The van der Waals surface area contributed by atoms with E-state index in [1.165, 1.54) is 12.1 Å². The van der Waals surface area contributed by atoms with Gasteiger partial charge in [-0.2, -0.15) is 5.26 Å². The highest BCUT2D eigenvalue weighted by molar-refractivity contribution is 5.45. The molecule has 5 heteroatoms. The van der Waals surface area contributed by atoms with Crippen LogP contribution in [0, 0.1) is 17.1 Å². The van der Waals surface area contributed by atoms with Gasteiger partial charge in [0.1, 0.15) is 11.4 Å². The minimum absolute atomic E-state index is 0.290. The Hall–Kier alpha value is -2.26. The summed E-state index contributed by atoms with van der Waals surface area (Å²) in [5.41, 5.74) is 0.653. The molecule has 0 spiro atoms. The second-order valence-electron chi connectivity index (χ2n) is 6.42. The summed E-state index contributed by atoms with van der Waals surface area (Å²) in [5, 5.41) is 30.3. The smallest absolute Gasteiger partial charge is 0.123 e. The van der Waals surface area contributed by atoms with Crippen molar-refractivity contribution in [2.75, 3.05) is 20.6 Å². The van der Waals surface area contributed by atoms with Gasteiger partial charge in [0.05, 0.1) is 18.2 Å². The van der Waals surface area contributed by atoms with Crippen LogP contribution in [-0.2, 0) is 12.2 Å². The van der Waals surface area contributed by atoms with E-state index in [1.54, 1.807) is 30.3 Å². The van der Waals surface area contributed by atoms with Crippen LogP contribution in [0.2, 0.25) is 0 Å². The van der Waals surface area contributed by atoms with Crippen LogP contribution in [-0.4, -0.2) is 35.8 Å². The van der Waals surface area contributed by atoms with E-state index >= 15 is 0 Å². The molecule has 0 radical (unpaired) electrons. The molecule has 0 heterocycles. The van der Waals surface area contributed by atoms with Crippen molar-refractivity contribution >= 4 is 0 Å². The largest absolute Gasteiger partial charge is 0.392 e. The van der Waals surface area contributed by atoms with Crippen LogP contribution in [0.5, 0.6) is 0 Å². The molecule has 0 unspecified atom stereocenters. The lowest BCUT2D eigenvalue weighted by molar-refractivity contribution is 0.0641. The Morgan fingerprint density at radius 1 is 1.16 bits per heavy atom. The molecule has 1 atom stereocenters. The van der Waals surface area contributed by atoms with E-state index in [1.807, 2.05) is 25.1 Å².